The third kappa shape index (κ3) is 4.30. The molecule has 0 bridgehead atoms. The molecule has 0 spiro atoms. The van der Waals surface area contributed by atoms with Gasteiger partial charge in [-0.15, -0.1) is 10.2 Å². The minimum atomic E-state index is 0.0103. The van der Waals surface area contributed by atoms with Crippen LogP contribution in [0.1, 0.15) is 62.7 Å². The fraction of sp³-hybridized carbons (Fsp3) is 0.400. The molecular formula is C25H28ClN7O. The lowest BCUT2D eigenvalue weighted by Crippen LogP contribution is -2.29. The summed E-state index contributed by atoms with van der Waals surface area (Å²) in [6.45, 7) is 2.62. The van der Waals surface area contributed by atoms with E-state index in [1.54, 1.807) is 12.4 Å². The van der Waals surface area contributed by atoms with Crippen molar-refractivity contribution < 1.29 is 0 Å². The monoisotopic (exact) mass is 477 g/mol. The Hall–Kier alpha value is -3.26. The molecule has 4 aromatic rings. The molecule has 34 heavy (non-hydrogen) atoms. The number of tetrazole rings is 1. The minimum absolute atomic E-state index is 0.0103. The maximum atomic E-state index is 13.5. The molecule has 0 aliphatic heterocycles. The molecule has 9 heteroatoms. The average Bonchev–Trinajstić information content (AvgIpc) is 3.49. The largest absolute Gasteiger partial charge is 0.330 e. The fourth-order valence-electron chi connectivity index (χ4n) is 4.94. The summed E-state index contributed by atoms with van der Waals surface area (Å²) >= 11 is 6.80. The van der Waals surface area contributed by atoms with Crippen LogP contribution in [0.25, 0.3) is 22.5 Å². The molecule has 176 valence electrons. The van der Waals surface area contributed by atoms with E-state index in [0.717, 1.165) is 66.5 Å². The van der Waals surface area contributed by atoms with Gasteiger partial charge in [0.2, 0.25) is 5.82 Å². The summed E-state index contributed by atoms with van der Waals surface area (Å²) in [6, 6.07) is 10.3. The van der Waals surface area contributed by atoms with E-state index in [2.05, 4.69) is 44.7 Å². The highest BCUT2D eigenvalue weighted by molar-refractivity contribution is 6.30. The first-order chi connectivity index (χ1) is 16.7. The van der Waals surface area contributed by atoms with Crippen molar-refractivity contribution in [1.82, 2.24) is 34.7 Å². The summed E-state index contributed by atoms with van der Waals surface area (Å²) in [7, 11) is 0. The lowest BCUT2D eigenvalue weighted by molar-refractivity contribution is 0.344. The lowest BCUT2D eigenvalue weighted by Gasteiger charge is -2.22. The Morgan fingerprint density at radius 2 is 1.88 bits per heavy atom. The zero-order chi connectivity index (χ0) is 23.5. The van der Waals surface area contributed by atoms with Crippen LogP contribution in [0.15, 0.2) is 47.5 Å². The smallest absolute Gasteiger partial charge is 0.290 e. The van der Waals surface area contributed by atoms with Gasteiger partial charge in [0, 0.05) is 29.6 Å². The molecule has 1 fully saturated rings. The van der Waals surface area contributed by atoms with Crippen molar-refractivity contribution in [3.8, 4) is 22.5 Å². The van der Waals surface area contributed by atoms with E-state index >= 15 is 0 Å². The summed E-state index contributed by atoms with van der Waals surface area (Å²) < 4.78 is 3.72. The molecule has 0 amide bonds. The van der Waals surface area contributed by atoms with Crippen LogP contribution >= 0.6 is 11.6 Å². The maximum Gasteiger partial charge on any atom is 0.330 e. The number of nitrogens with one attached hydrogen (secondary N) is 1. The van der Waals surface area contributed by atoms with Crippen molar-refractivity contribution in [2.24, 2.45) is 0 Å². The first-order valence-electron chi connectivity index (χ1n) is 11.9. The quantitative estimate of drug-likeness (QED) is 0.402. The van der Waals surface area contributed by atoms with Gasteiger partial charge in [0.15, 0.2) is 0 Å². The number of benzene rings is 1. The second-order valence-corrected chi connectivity index (χ2v) is 9.23. The fourth-order valence-corrected chi connectivity index (χ4v) is 5.35. The third-order valence-electron chi connectivity index (χ3n) is 6.65. The van der Waals surface area contributed by atoms with Crippen molar-refractivity contribution in [2.45, 2.75) is 64.5 Å². The van der Waals surface area contributed by atoms with E-state index in [4.69, 9.17) is 11.6 Å². The predicted molar refractivity (Wildman–Crippen MR) is 132 cm³/mol. The second kappa shape index (κ2) is 9.93. The Bertz CT molecular complexity index is 1300. The molecule has 0 saturated heterocycles. The van der Waals surface area contributed by atoms with Gasteiger partial charge in [-0.3, -0.25) is 14.1 Å². The number of aromatic amines is 1. The first kappa shape index (κ1) is 22.5. The summed E-state index contributed by atoms with van der Waals surface area (Å²) in [5.74, 6) is 0.524. The van der Waals surface area contributed by atoms with E-state index in [9.17, 15) is 4.79 Å². The molecule has 0 unspecified atom stereocenters. The molecule has 1 aliphatic carbocycles. The van der Waals surface area contributed by atoms with Gasteiger partial charge in [-0.25, -0.2) is 4.79 Å². The van der Waals surface area contributed by atoms with Gasteiger partial charge in [0.05, 0.1) is 12.2 Å². The maximum absolute atomic E-state index is 13.5. The molecular weight excluding hydrogens is 450 g/mol. The van der Waals surface area contributed by atoms with E-state index < -0.39 is 0 Å². The third-order valence-corrected chi connectivity index (χ3v) is 7.05. The summed E-state index contributed by atoms with van der Waals surface area (Å²) in [5.41, 5.74) is 4.77. The van der Waals surface area contributed by atoms with Crippen LogP contribution in [-0.4, -0.2) is 34.7 Å². The van der Waals surface area contributed by atoms with E-state index in [1.165, 1.54) is 6.42 Å². The van der Waals surface area contributed by atoms with Gasteiger partial charge in [-0.05, 0) is 41.7 Å². The molecule has 3 heterocycles. The predicted octanol–water partition coefficient (Wildman–Crippen LogP) is 5.05. The Morgan fingerprint density at radius 1 is 1.09 bits per heavy atom. The number of aromatic nitrogens is 7. The lowest BCUT2D eigenvalue weighted by atomic mass is 9.95. The molecule has 5 rings (SSSR count). The van der Waals surface area contributed by atoms with Crippen LogP contribution in [-0.2, 0) is 13.0 Å². The molecule has 1 aliphatic rings. The van der Waals surface area contributed by atoms with Gasteiger partial charge >= 0.3 is 5.69 Å². The number of H-pyrrole nitrogens is 1. The van der Waals surface area contributed by atoms with Gasteiger partial charge in [0.1, 0.15) is 5.15 Å². The number of imidazole rings is 1. The van der Waals surface area contributed by atoms with Crippen molar-refractivity contribution in [3.05, 3.63) is 69.6 Å². The van der Waals surface area contributed by atoms with Crippen LogP contribution in [0.3, 0.4) is 0 Å². The number of hydrogen-bond donors (Lipinski definition) is 1. The van der Waals surface area contributed by atoms with Crippen molar-refractivity contribution in [1.29, 1.82) is 0 Å². The highest BCUT2D eigenvalue weighted by Crippen LogP contribution is 2.32. The highest BCUT2D eigenvalue weighted by atomic mass is 35.5. The molecule has 1 N–H and O–H groups in total. The first-order valence-corrected chi connectivity index (χ1v) is 12.3. The zero-order valence-electron chi connectivity index (χ0n) is 19.2. The second-order valence-electron chi connectivity index (χ2n) is 8.87. The van der Waals surface area contributed by atoms with E-state index in [0.29, 0.717) is 17.5 Å². The minimum Gasteiger partial charge on any atom is -0.290 e. The highest BCUT2D eigenvalue weighted by Gasteiger charge is 2.25. The topological polar surface area (TPSA) is 94.3 Å². The molecule has 0 atom stereocenters. The standard InChI is InChI=1S/C25H28ClN7O/c1-2-6-22-23(26)33(19-7-4-3-5-8-19)25(34)32(22)16-17-9-11-18(12-10-17)21-15-27-14-13-20(21)24-28-30-31-29-24/h9-15,19H,2-8,16H2,1H3,(H,28,29,30,31). The SMILES string of the molecule is CCCc1c(Cl)n(C2CCCCC2)c(=O)n1Cc1ccc(-c2cnccc2-c2nn[nH]n2)cc1. The van der Waals surface area contributed by atoms with Gasteiger partial charge in [-0.1, -0.05) is 68.5 Å². The van der Waals surface area contributed by atoms with E-state index in [-0.39, 0.29) is 11.7 Å². The number of nitrogens with zero attached hydrogens (tertiary/aromatic N) is 6. The Morgan fingerprint density at radius 3 is 2.59 bits per heavy atom. The number of hydrogen-bond acceptors (Lipinski definition) is 5. The molecule has 1 aromatic carbocycles. The van der Waals surface area contributed by atoms with Crippen LogP contribution in [0.2, 0.25) is 5.15 Å². The van der Waals surface area contributed by atoms with Gasteiger partial charge in [0.25, 0.3) is 0 Å². The number of pyridine rings is 1. The summed E-state index contributed by atoms with van der Waals surface area (Å²) in [4.78, 5) is 17.7. The van der Waals surface area contributed by atoms with Crippen LogP contribution < -0.4 is 5.69 Å². The number of halogens is 1. The Labute approximate surface area is 203 Å². The molecule has 1 saturated carbocycles. The zero-order valence-corrected chi connectivity index (χ0v) is 20.0. The van der Waals surface area contributed by atoms with Crippen molar-refractivity contribution in [2.75, 3.05) is 0 Å². The molecule has 8 nitrogen and oxygen atoms in total. The van der Waals surface area contributed by atoms with Gasteiger partial charge in [-0.2, -0.15) is 5.21 Å². The molecule has 3 aromatic heterocycles. The Balaban J connectivity index is 1.46. The van der Waals surface area contributed by atoms with Gasteiger partial charge < -0.3 is 0 Å². The Kier molecular flexibility index (Phi) is 6.58. The van der Waals surface area contributed by atoms with Crippen LogP contribution in [0, 0.1) is 0 Å². The molecule has 0 radical (unpaired) electrons. The van der Waals surface area contributed by atoms with Crippen molar-refractivity contribution >= 4 is 11.6 Å². The van der Waals surface area contributed by atoms with Crippen LogP contribution in [0.5, 0.6) is 0 Å². The van der Waals surface area contributed by atoms with Crippen LogP contribution in [0.4, 0.5) is 0 Å². The summed E-state index contributed by atoms with van der Waals surface area (Å²) in [5, 5.41) is 15.0. The number of rotatable bonds is 7. The normalized spacial score (nSPS) is 14.5. The average molecular weight is 478 g/mol. The summed E-state index contributed by atoms with van der Waals surface area (Å²) in [6.07, 6.45) is 10.8. The van der Waals surface area contributed by atoms with Crippen molar-refractivity contribution in [3.63, 3.8) is 0 Å². The van der Waals surface area contributed by atoms with E-state index in [1.807, 2.05) is 27.3 Å².